The van der Waals surface area contributed by atoms with Gasteiger partial charge in [0.25, 0.3) is 0 Å². The number of aromatic nitrogens is 1. The molecular formula is C19H27FN4S. The summed E-state index contributed by atoms with van der Waals surface area (Å²) in [6.07, 6.45) is 0.614. The van der Waals surface area contributed by atoms with Crippen LogP contribution in [0.5, 0.6) is 0 Å². The molecule has 1 heterocycles. The van der Waals surface area contributed by atoms with Crippen LogP contribution in [-0.4, -0.2) is 24.0 Å². The predicted octanol–water partition coefficient (Wildman–Crippen LogP) is 3.88. The fraction of sp³-hybridized carbons (Fsp3) is 0.474. The maximum atomic E-state index is 13.6. The van der Waals surface area contributed by atoms with Gasteiger partial charge in [0, 0.05) is 23.9 Å². The van der Waals surface area contributed by atoms with Crippen LogP contribution >= 0.6 is 11.3 Å². The van der Waals surface area contributed by atoms with E-state index in [1.165, 1.54) is 6.07 Å². The number of guanidine groups is 1. The van der Waals surface area contributed by atoms with Crippen molar-refractivity contribution in [3.63, 3.8) is 0 Å². The highest BCUT2D eigenvalue weighted by atomic mass is 32.1. The minimum absolute atomic E-state index is 0.0565. The number of benzene rings is 1. The Morgan fingerprint density at radius 2 is 2.00 bits per heavy atom. The van der Waals surface area contributed by atoms with Crippen LogP contribution in [0.15, 0.2) is 34.6 Å². The lowest BCUT2D eigenvalue weighted by atomic mass is 9.93. The summed E-state index contributed by atoms with van der Waals surface area (Å²) in [7, 11) is 0. The lowest BCUT2D eigenvalue weighted by Crippen LogP contribution is -2.38. The van der Waals surface area contributed by atoms with Crippen LogP contribution in [0.25, 0.3) is 0 Å². The van der Waals surface area contributed by atoms with Gasteiger partial charge in [0.1, 0.15) is 10.8 Å². The van der Waals surface area contributed by atoms with Crippen molar-refractivity contribution in [2.75, 3.05) is 13.1 Å². The highest BCUT2D eigenvalue weighted by Gasteiger charge is 2.17. The summed E-state index contributed by atoms with van der Waals surface area (Å²) in [6.45, 7) is 10.4. The maximum Gasteiger partial charge on any atom is 0.191 e. The zero-order valence-electron chi connectivity index (χ0n) is 15.4. The fourth-order valence-corrected chi connectivity index (χ4v) is 3.18. The first-order chi connectivity index (χ1) is 11.9. The Morgan fingerprint density at radius 3 is 2.64 bits per heavy atom. The van der Waals surface area contributed by atoms with Gasteiger partial charge in [0.15, 0.2) is 5.96 Å². The summed E-state index contributed by atoms with van der Waals surface area (Å²) in [5.41, 5.74) is 1.86. The molecule has 2 aromatic rings. The van der Waals surface area contributed by atoms with Crippen molar-refractivity contribution in [2.45, 2.75) is 46.1 Å². The molecule has 0 radical (unpaired) electrons. The number of hydrogen-bond acceptors (Lipinski definition) is 3. The highest BCUT2D eigenvalue weighted by molar-refractivity contribution is 7.09. The van der Waals surface area contributed by atoms with Gasteiger partial charge in [-0.3, -0.25) is 0 Å². The molecule has 1 aromatic heterocycles. The van der Waals surface area contributed by atoms with E-state index in [0.29, 0.717) is 25.1 Å². The second-order valence-electron chi connectivity index (χ2n) is 6.84. The third-order valence-electron chi connectivity index (χ3n) is 3.68. The molecule has 0 aliphatic carbocycles. The molecule has 6 heteroatoms. The first kappa shape index (κ1) is 19.4. The number of hydrogen-bond donors (Lipinski definition) is 2. The molecule has 0 bridgehead atoms. The van der Waals surface area contributed by atoms with Gasteiger partial charge in [0.2, 0.25) is 0 Å². The number of rotatable bonds is 6. The Hall–Kier alpha value is -1.95. The Morgan fingerprint density at radius 1 is 1.24 bits per heavy atom. The minimum Gasteiger partial charge on any atom is -0.357 e. The highest BCUT2D eigenvalue weighted by Crippen LogP contribution is 2.24. The molecule has 0 fully saturated rings. The van der Waals surface area contributed by atoms with Crippen molar-refractivity contribution in [3.8, 4) is 0 Å². The van der Waals surface area contributed by atoms with Crippen LogP contribution < -0.4 is 10.6 Å². The first-order valence-electron chi connectivity index (χ1n) is 8.60. The first-order valence-corrected chi connectivity index (χ1v) is 9.48. The molecular weight excluding hydrogens is 335 g/mol. The van der Waals surface area contributed by atoms with E-state index in [4.69, 9.17) is 0 Å². The van der Waals surface area contributed by atoms with Crippen molar-refractivity contribution in [1.82, 2.24) is 15.6 Å². The zero-order valence-corrected chi connectivity index (χ0v) is 16.2. The topological polar surface area (TPSA) is 49.3 Å². The minimum atomic E-state index is -0.163. The average Bonchev–Trinajstić information content (AvgIpc) is 3.03. The number of nitrogens with zero attached hydrogens (tertiary/aromatic N) is 2. The predicted molar refractivity (Wildman–Crippen MR) is 104 cm³/mol. The quantitative estimate of drug-likeness (QED) is 0.606. The second kappa shape index (κ2) is 8.94. The maximum absolute atomic E-state index is 13.6. The van der Waals surface area contributed by atoms with Gasteiger partial charge in [-0.05, 0) is 25.0 Å². The summed E-state index contributed by atoms with van der Waals surface area (Å²) in [4.78, 5) is 9.24. The van der Waals surface area contributed by atoms with Crippen molar-refractivity contribution in [3.05, 3.63) is 51.7 Å². The molecule has 0 aliphatic heterocycles. The van der Waals surface area contributed by atoms with E-state index in [9.17, 15) is 4.39 Å². The van der Waals surface area contributed by atoms with E-state index in [1.54, 1.807) is 17.4 Å². The molecule has 0 saturated carbocycles. The molecule has 0 atom stereocenters. The number of nitrogens with one attached hydrogen (secondary N) is 2. The van der Waals surface area contributed by atoms with Crippen molar-refractivity contribution in [1.29, 1.82) is 0 Å². The van der Waals surface area contributed by atoms with Gasteiger partial charge in [-0.25, -0.2) is 14.4 Å². The van der Waals surface area contributed by atoms with Gasteiger partial charge in [-0.2, -0.15) is 0 Å². The molecule has 0 amide bonds. The number of thiazole rings is 1. The van der Waals surface area contributed by atoms with Gasteiger partial charge >= 0.3 is 0 Å². The van der Waals surface area contributed by atoms with Gasteiger partial charge in [0.05, 0.1) is 12.2 Å². The smallest absolute Gasteiger partial charge is 0.191 e. The van der Waals surface area contributed by atoms with Gasteiger partial charge in [-0.15, -0.1) is 11.3 Å². The van der Waals surface area contributed by atoms with E-state index in [-0.39, 0.29) is 11.2 Å². The molecule has 0 saturated heterocycles. The van der Waals surface area contributed by atoms with Crippen LogP contribution in [0.3, 0.4) is 0 Å². The lowest BCUT2D eigenvalue weighted by Gasteiger charge is -2.14. The van der Waals surface area contributed by atoms with Crippen LogP contribution in [0.4, 0.5) is 4.39 Å². The van der Waals surface area contributed by atoms with Crippen molar-refractivity contribution >= 4 is 17.3 Å². The summed E-state index contributed by atoms with van der Waals surface area (Å²) >= 11 is 1.64. The lowest BCUT2D eigenvalue weighted by molar-refractivity contribution is 0.571. The third-order valence-corrected chi connectivity index (χ3v) is 4.52. The SMILES string of the molecule is CCNC(=NCc1nc(C(C)(C)C)cs1)NCCc1ccccc1F. The van der Waals surface area contributed by atoms with Crippen LogP contribution in [0, 0.1) is 5.82 Å². The Bertz CT molecular complexity index is 703. The van der Waals surface area contributed by atoms with E-state index in [1.807, 2.05) is 19.1 Å². The molecule has 2 N–H and O–H groups in total. The molecule has 2 rings (SSSR count). The van der Waals surface area contributed by atoms with Gasteiger partial charge < -0.3 is 10.6 Å². The van der Waals surface area contributed by atoms with Crippen LogP contribution in [0.2, 0.25) is 0 Å². The largest absolute Gasteiger partial charge is 0.357 e. The Balaban J connectivity index is 1.92. The van der Waals surface area contributed by atoms with E-state index in [0.717, 1.165) is 23.2 Å². The van der Waals surface area contributed by atoms with Crippen LogP contribution in [-0.2, 0) is 18.4 Å². The third kappa shape index (κ3) is 6.12. The molecule has 4 nitrogen and oxygen atoms in total. The van der Waals surface area contributed by atoms with Crippen molar-refractivity contribution < 1.29 is 4.39 Å². The molecule has 0 aliphatic rings. The van der Waals surface area contributed by atoms with E-state index < -0.39 is 0 Å². The van der Waals surface area contributed by atoms with E-state index >= 15 is 0 Å². The Labute approximate surface area is 153 Å². The monoisotopic (exact) mass is 362 g/mol. The Kier molecular flexibility index (Phi) is 6.93. The summed E-state index contributed by atoms with van der Waals surface area (Å²) in [5.74, 6) is 0.565. The molecule has 0 unspecified atom stereocenters. The molecule has 25 heavy (non-hydrogen) atoms. The van der Waals surface area contributed by atoms with Crippen LogP contribution in [0.1, 0.15) is 44.0 Å². The van der Waals surface area contributed by atoms with E-state index in [2.05, 4.69) is 46.8 Å². The molecule has 1 aromatic carbocycles. The normalized spacial score (nSPS) is 12.3. The standard InChI is InChI=1S/C19H27FN4S/c1-5-21-18(22-11-10-14-8-6-7-9-15(14)20)23-12-17-24-16(13-25-17)19(2,3)4/h6-9,13H,5,10-12H2,1-4H3,(H2,21,22,23). The zero-order chi connectivity index (χ0) is 18.3. The fourth-order valence-electron chi connectivity index (χ4n) is 2.23. The second-order valence-corrected chi connectivity index (χ2v) is 7.78. The summed E-state index contributed by atoms with van der Waals surface area (Å²) in [5, 5.41) is 9.56. The summed E-state index contributed by atoms with van der Waals surface area (Å²) in [6, 6.07) is 6.86. The number of halogens is 1. The number of aliphatic imine (C=N–C) groups is 1. The van der Waals surface area contributed by atoms with Gasteiger partial charge in [-0.1, -0.05) is 39.0 Å². The molecule has 0 spiro atoms. The average molecular weight is 363 g/mol. The molecule has 136 valence electrons. The summed E-state index contributed by atoms with van der Waals surface area (Å²) < 4.78 is 13.6. The van der Waals surface area contributed by atoms with Crippen molar-refractivity contribution in [2.24, 2.45) is 4.99 Å².